The van der Waals surface area contributed by atoms with Gasteiger partial charge in [-0.1, -0.05) is 60.2 Å². The molecule has 0 aromatic heterocycles. The van der Waals surface area contributed by atoms with Crippen LogP contribution in [0.5, 0.6) is 0 Å². The highest BCUT2D eigenvalue weighted by Crippen LogP contribution is 2.54. The standard InChI is InChI=1S/C22H24O6/c1-14-9-11-15(12-10-14)13-17(23)21(2,26)19(24)22(20(25)27-3)18(28-22)16-7-5-4-6-8-16/h4-12,18-19,24,26H,13H2,1-3H3/t18?,19-,21+,22+/m0/s1. The van der Waals surface area contributed by atoms with E-state index >= 15 is 0 Å². The SMILES string of the molecule is COC(=O)[C@@]1([C@@H](O)[C@](C)(O)C(=O)Cc2ccc(C)cc2)OC1c1ccccc1. The Labute approximate surface area is 163 Å². The number of hydrogen-bond donors (Lipinski definition) is 2. The van der Waals surface area contributed by atoms with Crippen LogP contribution in [0.4, 0.5) is 0 Å². The number of aliphatic hydroxyl groups excluding tert-OH is 1. The van der Waals surface area contributed by atoms with E-state index in [1.807, 2.05) is 25.1 Å². The van der Waals surface area contributed by atoms with E-state index in [4.69, 9.17) is 9.47 Å². The number of ketones is 1. The Morgan fingerprint density at radius 3 is 2.36 bits per heavy atom. The number of Topliss-reactive ketones (excluding diaryl/α,β-unsaturated/α-hetero) is 1. The zero-order valence-corrected chi connectivity index (χ0v) is 16.1. The second-order valence-electron chi connectivity index (χ2n) is 7.33. The highest BCUT2D eigenvalue weighted by atomic mass is 16.7. The second kappa shape index (κ2) is 7.47. The normalized spacial score (nSPS) is 24.1. The van der Waals surface area contributed by atoms with Gasteiger partial charge in [-0.3, -0.25) is 4.79 Å². The molecule has 3 rings (SSSR count). The molecule has 1 aliphatic heterocycles. The first-order valence-electron chi connectivity index (χ1n) is 9.04. The summed E-state index contributed by atoms with van der Waals surface area (Å²) in [6.07, 6.45) is -2.69. The summed E-state index contributed by atoms with van der Waals surface area (Å²) < 4.78 is 10.4. The van der Waals surface area contributed by atoms with Crippen LogP contribution >= 0.6 is 0 Å². The van der Waals surface area contributed by atoms with Gasteiger partial charge >= 0.3 is 5.97 Å². The van der Waals surface area contributed by atoms with Crippen LogP contribution in [0, 0.1) is 6.92 Å². The van der Waals surface area contributed by atoms with Gasteiger partial charge in [0.1, 0.15) is 17.8 Å². The van der Waals surface area contributed by atoms with Crippen LogP contribution in [0.3, 0.4) is 0 Å². The number of epoxide rings is 1. The first-order valence-corrected chi connectivity index (χ1v) is 9.04. The number of carbonyl (C=O) groups excluding carboxylic acids is 2. The minimum atomic E-state index is -2.21. The van der Waals surface area contributed by atoms with Crippen molar-refractivity contribution < 1.29 is 29.3 Å². The lowest BCUT2D eigenvalue weighted by Crippen LogP contribution is -2.57. The topological polar surface area (TPSA) is 96.4 Å². The molecule has 1 aliphatic rings. The van der Waals surface area contributed by atoms with E-state index in [-0.39, 0.29) is 6.42 Å². The average Bonchev–Trinajstić information content (AvgIpc) is 3.46. The molecule has 0 bridgehead atoms. The molecule has 28 heavy (non-hydrogen) atoms. The van der Waals surface area contributed by atoms with E-state index in [9.17, 15) is 19.8 Å². The van der Waals surface area contributed by atoms with Gasteiger partial charge in [0.25, 0.3) is 0 Å². The Morgan fingerprint density at radius 1 is 1.18 bits per heavy atom. The van der Waals surface area contributed by atoms with Crippen LogP contribution in [-0.2, 0) is 25.5 Å². The lowest BCUT2D eigenvalue weighted by atomic mass is 9.80. The maximum absolute atomic E-state index is 12.8. The molecule has 1 heterocycles. The van der Waals surface area contributed by atoms with Gasteiger partial charge in [0.15, 0.2) is 5.78 Å². The Bertz CT molecular complexity index is 858. The lowest BCUT2D eigenvalue weighted by Gasteiger charge is -2.31. The summed E-state index contributed by atoms with van der Waals surface area (Å²) in [6.45, 7) is 3.13. The molecule has 0 radical (unpaired) electrons. The van der Waals surface area contributed by atoms with Crippen LogP contribution in [0.15, 0.2) is 54.6 Å². The van der Waals surface area contributed by atoms with E-state index in [0.29, 0.717) is 11.1 Å². The van der Waals surface area contributed by atoms with Crippen LogP contribution in [0.1, 0.15) is 29.7 Å². The molecule has 4 atom stereocenters. The second-order valence-corrected chi connectivity index (χ2v) is 7.33. The largest absolute Gasteiger partial charge is 0.467 e. The Balaban J connectivity index is 1.85. The molecule has 2 aromatic rings. The summed E-state index contributed by atoms with van der Waals surface area (Å²) in [5, 5.41) is 21.8. The summed E-state index contributed by atoms with van der Waals surface area (Å²) in [7, 11) is 1.17. The number of aryl methyl sites for hydroxylation is 1. The molecule has 2 N–H and O–H groups in total. The van der Waals surface area contributed by atoms with Crippen molar-refractivity contribution in [2.75, 3.05) is 7.11 Å². The molecule has 1 fully saturated rings. The number of methoxy groups -OCH3 is 1. The fourth-order valence-corrected chi connectivity index (χ4v) is 3.38. The number of hydrogen-bond acceptors (Lipinski definition) is 6. The third-order valence-electron chi connectivity index (χ3n) is 5.24. The summed E-state index contributed by atoms with van der Waals surface area (Å²) in [5.41, 5.74) is -1.64. The number of benzene rings is 2. The zero-order chi connectivity index (χ0) is 20.5. The quantitative estimate of drug-likeness (QED) is 0.559. The Hall–Kier alpha value is -2.54. The molecule has 2 aromatic carbocycles. The monoisotopic (exact) mass is 384 g/mol. The van der Waals surface area contributed by atoms with Crippen molar-refractivity contribution >= 4 is 11.8 Å². The minimum absolute atomic E-state index is 0.0857. The summed E-state index contributed by atoms with van der Waals surface area (Å²) >= 11 is 0. The van der Waals surface area contributed by atoms with E-state index in [0.717, 1.165) is 5.56 Å². The maximum atomic E-state index is 12.8. The van der Waals surface area contributed by atoms with Gasteiger partial charge in [-0.05, 0) is 25.0 Å². The molecule has 1 unspecified atom stereocenters. The average molecular weight is 384 g/mol. The first-order chi connectivity index (χ1) is 13.2. The summed E-state index contributed by atoms with van der Waals surface area (Å²) in [4.78, 5) is 25.2. The molecule has 0 spiro atoms. The van der Waals surface area contributed by atoms with E-state index in [1.165, 1.54) is 14.0 Å². The molecule has 0 aliphatic carbocycles. The van der Waals surface area contributed by atoms with Crippen LogP contribution in [0.2, 0.25) is 0 Å². The van der Waals surface area contributed by atoms with E-state index in [2.05, 4.69) is 0 Å². The predicted octanol–water partition coefficient (Wildman–Crippen LogP) is 1.90. The molecule has 0 saturated carbocycles. The predicted molar refractivity (Wildman–Crippen MR) is 102 cm³/mol. The number of aliphatic hydroxyl groups is 2. The van der Waals surface area contributed by atoms with Gasteiger partial charge in [0.2, 0.25) is 5.60 Å². The first kappa shape index (κ1) is 20.2. The molecular weight excluding hydrogens is 360 g/mol. The van der Waals surface area contributed by atoms with Gasteiger partial charge in [-0.25, -0.2) is 4.79 Å². The number of carbonyl (C=O) groups is 2. The van der Waals surface area contributed by atoms with E-state index in [1.54, 1.807) is 36.4 Å². The number of esters is 1. The molecule has 0 amide bonds. The third kappa shape index (κ3) is 3.46. The minimum Gasteiger partial charge on any atom is -0.467 e. The van der Waals surface area contributed by atoms with E-state index < -0.39 is 35.2 Å². The van der Waals surface area contributed by atoms with Crippen molar-refractivity contribution in [1.29, 1.82) is 0 Å². The smallest absolute Gasteiger partial charge is 0.344 e. The highest BCUT2D eigenvalue weighted by Gasteiger charge is 2.73. The molecule has 148 valence electrons. The van der Waals surface area contributed by atoms with Crippen LogP contribution in [0.25, 0.3) is 0 Å². The van der Waals surface area contributed by atoms with Gasteiger partial charge in [0, 0.05) is 6.42 Å². The lowest BCUT2D eigenvalue weighted by molar-refractivity contribution is -0.168. The van der Waals surface area contributed by atoms with Crippen molar-refractivity contribution in [2.45, 2.75) is 43.7 Å². The molecule has 1 saturated heterocycles. The fraction of sp³-hybridized carbons (Fsp3) is 0.364. The zero-order valence-electron chi connectivity index (χ0n) is 16.1. The van der Waals surface area contributed by atoms with Crippen molar-refractivity contribution in [3.8, 4) is 0 Å². The van der Waals surface area contributed by atoms with Crippen molar-refractivity contribution in [2.24, 2.45) is 0 Å². The van der Waals surface area contributed by atoms with Crippen molar-refractivity contribution in [3.05, 3.63) is 71.3 Å². The fourth-order valence-electron chi connectivity index (χ4n) is 3.38. The van der Waals surface area contributed by atoms with Gasteiger partial charge < -0.3 is 19.7 Å². The van der Waals surface area contributed by atoms with Gasteiger partial charge in [-0.2, -0.15) is 0 Å². The van der Waals surface area contributed by atoms with Crippen molar-refractivity contribution in [1.82, 2.24) is 0 Å². The Morgan fingerprint density at radius 2 is 1.79 bits per heavy atom. The van der Waals surface area contributed by atoms with Gasteiger partial charge in [0.05, 0.1) is 7.11 Å². The van der Waals surface area contributed by atoms with Crippen molar-refractivity contribution in [3.63, 3.8) is 0 Å². The maximum Gasteiger partial charge on any atom is 0.344 e. The third-order valence-corrected chi connectivity index (χ3v) is 5.24. The summed E-state index contributed by atoms with van der Waals surface area (Å²) in [6, 6.07) is 16.1. The van der Waals surface area contributed by atoms with Crippen LogP contribution in [-0.4, -0.2) is 46.4 Å². The molecular formula is C22H24O6. The number of ether oxygens (including phenoxy) is 2. The summed E-state index contributed by atoms with van der Waals surface area (Å²) in [5.74, 6) is -1.45. The van der Waals surface area contributed by atoms with Crippen LogP contribution < -0.4 is 0 Å². The van der Waals surface area contributed by atoms with Gasteiger partial charge in [-0.15, -0.1) is 0 Å². The number of rotatable bonds is 7. The Kier molecular flexibility index (Phi) is 5.39. The molecule has 6 heteroatoms. The highest BCUT2D eigenvalue weighted by molar-refractivity contribution is 5.92. The molecule has 6 nitrogen and oxygen atoms in total.